The molecule has 0 aromatic heterocycles. The number of hydrogen-bond acceptors (Lipinski definition) is 8. The van der Waals surface area contributed by atoms with Crippen LogP contribution in [0, 0.1) is 0 Å². The van der Waals surface area contributed by atoms with Crippen LogP contribution in [0.4, 0.5) is 9.59 Å². The van der Waals surface area contributed by atoms with Crippen molar-refractivity contribution in [1.29, 1.82) is 0 Å². The van der Waals surface area contributed by atoms with Crippen LogP contribution in [0.15, 0.2) is 138 Å². The number of nitrogens with zero attached hydrogens (tertiary/aromatic N) is 2. The number of halogens is 1. The summed E-state index contributed by atoms with van der Waals surface area (Å²) in [6.07, 6.45) is -2.47. The van der Waals surface area contributed by atoms with E-state index in [1.165, 1.54) is 12.1 Å². The minimum atomic E-state index is -1.58. The van der Waals surface area contributed by atoms with Crippen LogP contribution in [0.1, 0.15) is 48.1 Å². The van der Waals surface area contributed by atoms with E-state index >= 15 is 9.59 Å². The Morgan fingerprint density at radius 3 is 1.96 bits per heavy atom. The number of benzene rings is 5. The molecule has 57 heavy (non-hydrogen) atoms. The van der Waals surface area contributed by atoms with E-state index < -0.39 is 40.6 Å². The predicted molar refractivity (Wildman–Crippen MR) is 217 cm³/mol. The zero-order valence-electron chi connectivity index (χ0n) is 31.4. The van der Waals surface area contributed by atoms with Gasteiger partial charge in [-0.25, -0.2) is 9.59 Å². The first-order valence-electron chi connectivity index (χ1n) is 18.3. The van der Waals surface area contributed by atoms with Crippen molar-refractivity contribution in [2.24, 2.45) is 16.5 Å². The van der Waals surface area contributed by atoms with Crippen molar-refractivity contribution in [1.82, 2.24) is 5.32 Å². The molecule has 5 rings (SSSR count). The number of ether oxygens (including phenoxy) is 2. The molecular formula is C44H45ClN5O7+. The van der Waals surface area contributed by atoms with Crippen molar-refractivity contribution in [3.63, 3.8) is 0 Å². The molecule has 13 heteroatoms. The predicted octanol–water partition coefficient (Wildman–Crippen LogP) is 7.57. The number of phenolic OH excluding ortho intramolecular Hbond substituents is 1. The Balaban J connectivity index is 1.66. The third-order valence-electron chi connectivity index (χ3n) is 9.58. The Bertz CT molecular complexity index is 2160. The topological polar surface area (TPSA) is 183 Å². The van der Waals surface area contributed by atoms with E-state index in [-0.39, 0.29) is 50.7 Å². The number of nitrogens with one attached hydrogen (secondary N) is 1. The number of nitrogens with two attached hydrogens (primary N) is 2. The van der Waals surface area contributed by atoms with E-state index in [2.05, 4.69) is 10.3 Å². The van der Waals surface area contributed by atoms with Crippen molar-refractivity contribution in [2.45, 2.75) is 51.5 Å². The Hall–Kier alpha value is -6.50. The Morgan fingerprint density at radius 1 is 0.772 bits per heavy atom. The number of phenols is 1. The minimum absolute atomic E-state index is 0.0464. The molecule has 6 N–H and O–H groups in total. The monoisotopic (exact) mass is 790 g/mol. The van der Waals surface area contributed by atoms with Crippen LogP contribution in [0.25, 0.3) is 11.1 Å². The first-order chi connectivity index (χ1) is 27.5. The van der Waals surface area contributed by atoms with Crippen LogP contribution in [0.3, 0.4) is 0 Å². The number of rotatable bonds is 15. The van der Waals surface area contributed by atoms with Crippen LogP contribution in [0.2, 0.25) is 5.02 Å². The zero-order chi connectivity index (χ0) is 40.8. The largest absolute Gasteiger partial charge is 0.525 e. The van der Waals surface area contributed by atoms with Crippen LogP contribution in [-0.4, -0.2) is 52.1 Å². The van der Waals surface area contributed by atoms with Gasteiger partial charge in [-0.3, -0.25) is 15.1 Å². The normalized spacial score (nSPS) is 12.9. The third-order valence-corrected chi connectivity index (χ3v) is 9.83. The zero-order valence-corrected chi connectivity index (χ0v) is 32.2. The number of quaternary nitrogens is 1. The van der Waals surface area contributed by atoms with Crippen LogP contribution in [-0.2, 0) is 38.7 Å². The summed E-state index contributed by atoms with van der Waals surface area (Å²) in [5.41, 5.74) is 15.0. The van der Waals surface area contributed by atoms with Gasteiger partial charge in [0.25, 0.3) is 5.91 Å². The summed E-state index contributed by atoms with van der Waals surface area (Å²) < 4.78 is 10.2. The molecule has 4 amide bonds. The minimum Gasteiger partial charge on any atom is -0.508 e. The van der Waals surface area contributed by atoms with Gasteiger partial charge >= 0.3 is 18.1 Å². The Morgan fingerprint density at radius 2 is 1.35 bits per heavy atom. The van der Waals surface area contributed by atoms with Crippen LogP contribution in [0.5, 0.6) is 5.75 Å². The maximum atomic E-state index is 15.5. The molecule has 5 aromatic rings. The van der Waals surface area contributed by atoms with Gasteiger partial charge in [-0.1, -0.05) is 109 Å². The highest BCUT2D eigenvalue weighted by Crippen LogP contribution is 2.38. The molecular weight excluding hydrogens is 746 g/mol. The lowest BCUT2D eigenvalue weighted by molar-refractivity contribution is -0.830. The molecule has 12 nitrogen and oxygen atoms in total. The fraction of sp³-hybridized carbons (Fsp3) is 0.205. The van der Waals surface area contributed by atoms with Crippen molar-refractivity contribution < 1.29 is 38.2 Å². The maximum absolute atomic E-state index is 15.5. The second kappa shape index (κ2) is 19.9. The van der Waals surface area contributed by atoms with Gasteiger partial charge in [-0.15, -0.1) is 4.48 Å². The second-order valence-corrected chi connectivity index (χ2v) is 13.8. The second-order valence-electron chi connectivity index (χ2n) is 13.3. The first-order valence-corrected chi connectivity index (χ1v) is 18.7. The van der Waals surface area contributed by atoms with Crippen LogP contribution >= 0.6 is 11.6 Å². The molecule has 0 spiro atoms. The summed E-state index contributed by atoms with van der Waals surface area (Å²) in [7, 11) is 0. The maximum Gasteiger partial charge on any atom is 0.525 e. The number of aliphatic imine (C=N–C) groups is 1. The van der Waals surface area contributed by atoms with Gasteiger partial charge < -0.3 is 26.0 Å². The SMILES string of the molecule is C[C@@H](c1ccc(O)cc1)[N@@+](C(=O)Cc1ccccc1-c1ccc(Cl)cc1)(C(=O)OCc1ccccc1)[C@H](CCCN=C(N)N)C(=O)NC(=O)OCc1ccccc1. The number of imide groups is 2. The molecule has 0 aliphatic rings. The lowest BCUT2D eigenvalue weighted by Crippen LogP contribution is -2.68. The molecule has 0 saturated heterocycles. The van der Waals surface area contributed by atoms with E-state index in [4.69, 9.17) is 32.5 Å². The van der Waals surface area contributed by atoms with Gasteiger partial charge in [0.15, 0.2) is 12.0 Å². The molecule has 0 aliphatic heterocycles. The van der Waals surface area contributed by atoms with Crippen molar-refractivity contribution in [2.75, 3.05) is 6.54 Å². The number of amides is 4. The summed E-state index contributed by atoms with van der Waals surface area (Å²) in [5, 5.41) is 13.0. The van der Waals surface area contributed by atoms with Crippen molar-refractivity contribution in [3.8, 4) is 16.9 Å². The highest BCUT2D eigenvalue weighted by Gasteiger charge is 2.59. The third kappa shape index (κ3) is 10.8. The number of aromatic hydroxyl groups is 1. The molecule has 0 aliphatic carbocycles. The lowest BCUT2D eigenvalue weighted by atomic mass is 9.93. The molecule has 0 fully saturated rings. The van der Waals surface area contributed by atoms with E-state index in [9.17, 15) is 14.7 Å². The van der Waals surface area contributed by atoms with E-state index in [0.717, 1.165) is 5.56 Å². The van der Waals surface area contributed by atoms with Gasteiger partial charge in [0.05, 0.1) is 6.42 Å². The number of alkyl carbamates (subject to hydrolysis) is 1. The van der Waals surface area contributed by atoms with E-state index in [1.54, 1.807) is 91.9 Å². The molecule has 294 valence electrons. The van der Waals surface area contributed by atoms with Gasteiger partial charge in [0.1, 0.15) is 25.0 Å². The quantitative estimate of drug-likeness (QED) is 0.0360. The first kappa shape index (κ1) is 41.7. The number of carbonyl (C=O) groups is 4. The summed E-state index contributed by atoms with van der Waals surface area (Å²) >= 11 is 6.20. The van der Waals surface area contributed by atoms with Gasteiger partial charge in [0.2, 0.25) is 0 Å². The number of carbonyl (C=O) groups excluding carboxylic acids is 4. The number of hydrogen-bond donors (Lipinski definition) is 4. The van der Waals surface area contributed by atoms with E-state index in [0.29, 0.717) is 32.8 Å². The van der Waals surface area contributed by atoms with Crippen molar-refractivity contribution >= 4 is 41.6 Å². The van der Waals surface area contributed by atoms with Gasteiger partial charge in [0, 0.05) is 23.6 Å². The highest BCUT2D eigenvalue weighted by atomic mass is 35.5. The molecule has 0 bridgehead atoms. The number of guanidine groups is 1. The van der Waals surface area contributed by atoms with E-state index in [1.807, 2.05) is 36.4 Å². The summed E-state index contributed by atoms with van der Waals surface area (Å²) in [5.74, 6) is -1.89. The molecule has 0 unspecified atom stereocenters. The molecule has 3 atom stereocenters. The van der Waals surface area contributed by atoms with Gasteiger partial charge in [-0.05, 0) is 77.6 Å². The summed E-state index contributed by atoms with van der Waals surface area (Å²) in [6, 6.07) is 35.4. The molecule has 0 saturated carbocycles. The highest BCUT2D eigenvalue weighted by molar-refractivity contribution is 6.30. The lowest BCUT2D eigenvalue weighted by Gasteiger charge is -2.42. The molecule has 5 aromatic carbocycles. The fourth-order valence-corrected chi connectivity index (χ4v) is 6.82. The fourth-order valence-electron chi connectivity index (χ4n) is 6.70. The molecule has 0 heterocycles. The van der Waals surface area contributed by atoms with Gasteiger partial charge in [-0.2, -0.15) is 4.79 Å². The smallest absolute Gasteiger partial charge is 0.508 e. The summed E-state index contributed by atoms with van der Waals surface area (Å²) in [4.78, 5) is 62.6. The summed E-state index contributed by atoms with van der Waals surface area (Å²) in [6.45, 7) is 1.31. The Kier molecular flexibility index (Phi) is 14.5. The molecule has 0 radical (unpaired) electrons. The van der Waals surface area contributed by atoms with Crippen LogP contribution < -0.4 is 16.8 Å². The standard InChI is InChI=1S/C44H44ClN5O7/c1-30(33-20-24-37(51)25-21-33)50(44(55)57-29-32-13-6-3-7-14-32,40(52)27-35-15-8-9-16-38(35)34-18-22-36(45)23-19-34)39(17-10-26-48-42(46)47)41(53)49-43(54)56-28-31-11-4-2-5-12-31/h2-9,11-16,18-25,30,39H,10,17,26-29H2,1H3,(H5-,46,47,48,49,51,53,54)/p+1/t30-,39+,50+/m0/s1. The average Bonchev–Trinajstić information content (AvgIpc) is 3.21. The Labute approximate surface area is 336 Å². The van der Waals surface area contributed by atoms with Crippen molar-refractivity contribution in [3.05, 3.63) is 161 Å². The average molecular weight is 791 g/mol.